The first-order valence-electron chi connectivity index (χ1n) is 3.33. The molecule has 3 N–H and O–H groups in total. The topological polar surface area (TPSA) is 53.5 Å². The van der Waals surface area contributed by atoms with E-state index in [0.29, 0.717) is 18.3 Å². The van der Waals surface area contributed by atoms with Gasteiger partial charge in [-0.15, -0.1) is 0 Å². The van der Waals surface area contributed by atoms with Crippen molar-refractivity contribution in [3.63, 3.8) is 0 Å². The predicted molar refractivity (Wildman–Crippen MR) is 47.5 cm³/mol. The van der Waals surface area contributed by atoms with Crippen molar-refractivity contribution in [2.75, 3.05) is 27.3 Å². The molecule has 0 spiro atoms. The number of hydrogen-bond donors (Lipinski definition) is 3. The molecule has 0 aliphatic carbocycles. The van der Waals surface area contributed by atoms with E-state index in [4.69, 9.17) is 22.1 Å². The summed E-state index contributed by atoms with van der Waals surface area (Å²) in [6.45, 7) is 0.729. The van der Waals surface area contributed by atoms with E-state index in [1.165, 1.54) is 0 Å². The minimum atomic E-state index is -0.508. The van der Waals surface area contributed by atoms with E-state index in [9.17, 15) is 0 Å². The van der Waals surface area contributed by atoms with Crippen LogP contribution >= 0.6 is 12.2 Å². The van der Waals surface area contributed by atoms with Gasteiger partial charge in [0.05, 0.1) is 12.7 Å². The van der Waals surface area contributed by atoms with E-state index < -0.39 is 6.10 Å². The lowest BCUT2D eigenvalue weighted by molar-refractivity contribution is 0.0674. The summed E-state index contributed by atoms with van der Waals surface area (Å²) in [5.74, 6) is 0. The van der Waals surface area contributed by atoms with Crippen LogP contribution in [0.25, 0.3) is 0 Å². The third kappa shape index (κ3) is 6.03. The predicted octanol–water partition coefficient (Wildman–Crippen LogP) is -0.912. The summed E-state index contributed by atoms with van der Waals surface area (Å²) in [6, 6.07) is 0. The molecule has 0 saturated heterocycles. The van der Waals surface area contributed by atoms with E-state index in [2.05, 4.69) is 10.6 Å². The van der Waals surface area contributed by atoms with Crippen molar-refractivity contribution < 1.29 is 9.84 Å². The highest BCUT2D eigenvalue weighted by Gasteiger charge is 2.02. The molecular weight excluding hydrogens is 164 g/mol. The fourth-order valence-electron chi connectivity index (χ4n) is 0.550. The van der Waals surface area contributed by atoms with Gasteiger partial charge in [0.2, 0.25) is 0 Å². The van der Waals surface area contributed by atoms with Crippen LogP contribution in [0.5, 0.6) is 0 Å². The number of methoxy groups -OCH3 is 1. The molecule has 66 valence electrons. The van der Waals surface area contributed by atoms with Gasteiger partial charge in [0.1, 0.15) is 0 Å². The van der Waals surface area contributed by atoms with E-state index in [0.717, 1.165) is 0 Å². The highest BCUT2D eigenvalue weighted by molar-refractivity contribution is 7.80. The highest BCUT2D eigenvalue weighted by atomic mass is 32.1. The zero-order chi connectivity index (χ0) is 8.69. The maximum Gasteiger partial charge on any atom is 0.166 e. The molecule has 0 fully saturated rings. The first kappa shape index (κ1) is 10.6. The molecule has 0 rings (SSSR count). The molecule has 0 bridgehead atoms. The molecule has 0 aromatic rings. The number of ether oxygens (including phenoxy) is 1. The molecule has 0 aromatic heterocycles. The van der Waals surface area contributed by atoms with Crippen molar-refractivity contribution >= 4 is 17.3 Å². The van der Waals surface area contributed by atoms with Crippen LogP contribution in [-0.2, 0) is 4.74 Å². The molecule has 0 aliphatic heterocycles. The van der Waals surface area contributed by atoms with Crippen molar-refractivity contribution in [2.24, 2.45) is 0 Å². The Bertz CT molecular complexity index is 121. The molecule has 1 atom stereocenters. The second-order valence-corrected chi connectivity index (χ2v) is 2.48. The van der Waals surface area contributed by atoms with E-state index in [1.807, 2.05) is 0 Å². The Morgan fingerprint density at radius 3 is 2.82 bits per heavy atom. The van der Waals surface area contributed by atoms with Crippen molar-refractivity contribution in [1.82, 2.24) is 10.6 Å². The van der Waals surface area contributed by atoms with Crippen LogP contribution in [0.15, 0.2) is 0 Å². The van der Waals surface area contributed by atoms with E-state index in [1.54, 1.807) is 14.2 Å². The summed E-state index contributed by atoms with van der Waals surface area (Å²) in [4.78, 5) is 0. The molecule has 0 radical (unpaired) electrons. The molecule has 0 aliphatic rings. The summed E-state index contributed by atoms with van der Waals surface area (Å²) >= 11 is 4.78. The lowest BCUT2D eigenvalue weighted by atomic mass is 10.4. The lowest BCUT2D eigenvalue weighted by Crippen LogP contribution is -2.39. The minimum absolute atomic E-state index is 0.319. The summed E-state index contributed by atoms with van der Waals surface area (Å²) in [6.07, 6.45) is -0.508. The molecule has 0 saturated carbocycles. The van der Waals surface area contributed by atoms with Crippen molar-refractivity contribution in [1.29, 1.82) is 0 Å². The van der Waals surface area contributed by atoms with Gasteiger partial charge >= 0.3 is 0 Å². The third-order valence-corrected chi connectivity index (χ3v) is 1.43. The monoisotopic (exact) mass is 178 g/mol. The van der Waals surface area contributed by atoms with Crippen LogP contribution in [0.2, 0.25) is 0 Å². The number of nitrogens with one attached hydrogen (secondary N) is 2. The number of thiocarbonyl (C=S) groups is 1. The van der Waals surface area contributed by atoms with E-state index >= 15 is 0 Å². The summed E-state index contributed by atoms with van der Waals surface area (Å²) in [5, 5.41) is 15.2. The Morgan fingerprint density at radius 2 is 2.36 bits per heavy atom. The van der Waals surface area contributed by atoms with Crippen molar-refractivity contribution in [2.45, 2.75) is 6.10 Å². The molecule has 4 nitrogen and oxygen atoms in total. The molecule has 0 aromatic carbocycles. The zero-order valence-electron chi connectivity index (χ0n) is 6.76. The number of aliphatic hydroxyl groups excluding tert-OH is 1. The molecule has 0 amide bonds. The first-order chi connectivity index (χ1) is 5.20. The molecule has 11 heavy (non-hydrogen) atoms. The smallest absolute Gasteiger partial charge is 0.166 e. The SMILES string of the molecule is CNC(=S)NCC(O)COC. The summed E-state index contributed by atoms with van der Waals surface area (Å²) < 4.78 is 4.72. The Balaban J connectivity index is 3.29. The van der Waals surface area contributed by atoms with Crippen molar-refractivity contribution in [3.05, 3.63) is 0 Å². The average molecular weight is 178 g/mol. The average Bonchev–Trinajstić information content (AvgIpc) is 2.01. The van der Waals surface area contributed by atoms with Crippen LogP contribution in [0.1, 0.15) is 0 Å². The van der Waals surface area contributed by atoms with Gasteiger partial charge in [-0.25, -0.2) is 0 Å². The van der Waals surface area contributed by atoms with Crippen LogP contribution < -0.4 is 10.6 Å². The Kier molecular flexibility index (Phi) is 6.10. The van der Waals surface area contributed by atoms with Crippen LogP contribution in [-0.4, -0.2) is 43.6 Å². The van der Waals surface area contributed by atoms with Gasteiger partial charge in [0, 0.05) is 20.7 Å². The number of hydrogen-bond acceptors (Lipinski definition) is 3. The standard InChI is InChI=1S/C6H14N2O2S/c1-7-6(11)8-3-5(9)4-10-2/h5,9H,3-4H2,1-2H3,(H2,7,8,11). The number of rotatable bonds is 4. The van der Waals surface area contributed by atoms with Crippen LogP contribution in [0, 0.1) is 0 Å². The maximum absolute atomic E-state index is 9.12. The molecular formula is C6H14N2O2S. The van der Waals surface area contributed by atoms with Gasteiger partial charge in [-0.05, 0) is 12.2 Å². The Morgan fingerprint density at radius 1 is 1.73 bits per heavy atom. The lowest BCUT2D eigenvalue weighted by Gasteiger charge is -2.11. The van der Waals surface area contributed by atoms with Gasteiger partial charge in [-0.2, -0.15) is 0 Å². The van der Waals surface area contributed by atoms with Gasteiger partial charge in [-0.3, -0.25) is 0 Å². The molecule has 0 heterocycles. The third-order valence-electron chi connectivity index (χ3n) is 1.08. The second-order valence-electron chi connectivity index (χ2n) is 2.07. The fourth-order valence-corrected chi connectivity index (χ4v) is 0.634. The van der Waals surface area contributed by atoms with Crippen LogP contribution in [0.3, 0.4) is 0 Å². The fraction of sp³-hybridized carbons (Fsp3) is 0.833. The quantitative estimate of drug-likeness (QED) is 0.487. The van der Waals surface area contributed by atoms with Gasteiger partial charge in [0.25, 0.3) is 0 Å². The molecule has 1 unspecified atom stereocenters. The number of aliphatic hydroxyl groups is 1. The van der Waals surface area contributed by atoms with E-state index in [-0.39, 0.29) is 0 Å². The summed E-state index contributed by atoms with van der Waals surface area (Å²) in [7, 11) is 3.26. The maximum atomic E-state index is 9.12. The first-order valence-corrected chi connectivity index (χ1v) is 3.74. The van der Waals surface area contributed by atoms with Crippen molar-refractivity contribution in [3.8, 4) is 0 Å². The highest BCUT2D eigenvalue weighted by Crippen LogP contribution is 1.80. The Labute approximate surface area is 71.9 Å². The molecule has 5 heteroatoms. The minimum Gasteiger partial charge on any atom is -0.389 e. The van der Waals surface area contributed by atoms with Gasteiger partial charge in [-0.1, -0.05) is 0 Å². The largest absolute Gasteiger partial charge is 0.389 e. The van der Waals surface area contributed by atoms with Gasteiger partial charge < -0.3 is 20.5 Å². The Hall–Kier alpha value is -0.390. The second kappa shape index (κ2) is 6.33. The van der Waals surface area contributed by atoms with Gasteiger partial charge in [0.15, 0.2) is 5.11 Å². The summed E-state index contributed by atoms with van der Waals surface area (Å²) in [5.41, 5.74) is 0. The zero-order valence-corrected chi connectivity index (χ0v) is 7.57. The van der Waals surface area contributed by atoms with Crippen LogP contribution in [0.4, 0.5) is 0 Å². The normalized spacial score (nSPS) is 12.3.